The van der Waals surface area contributed by atoms with Crippen molar-refractivity contribution in [2.24, 2.45) is 5.92 Å². The number of methoxy groups -OCH3 is 1. The van der Waals surface area contributed by atoms with E-state index in [9.17, 15) is 19.2 Å². The third-order valence-electron chi connectivity index (χ3n) is 6.79. The Morgan fingerprint density at radius 3 is 2.36 bits per heavy atom. The summed E-state index contributed by atoms with van der Waals surface area (Å²) in [6, 6.07) is 2.99. The highest BCUT2D eigenvalue weighted by molar-refractivity contribution is 5.96. The minimum absolute atomic E-state index is 0.0810. The summed E-state index contributed by atoms with van der Waals surface area (Å²) >= 11 is 0. The summed E-state index contributed by atoms with van der Waals surface area (Å²) in [4.78, 5) is 51.1. The molecule has 1 aliphatic heterocycles. The van der Waals surface area contributed by atoms with Crippen LogP contribution in [0.5, 0.6) is 11.5 Å². The van der Waals surface area contributed by atoms with Gasteiger partial charge in [-0.15, -0.1) is 0 Å². The molecule has 4 rings (SSSR count). The van der Waals surface area contributed by atoms with Gasteiger partial charge in [0.15, 0.2) is 23.0 Å². The zero-order chi connectivity index (χ0) is 24.1. The van der Waals surface area contributed by atoms with Gasteiger partial charge in [-0.3, -0.25) is 24.1 Å². The molecule has 176 valence electrons. The van der Waals surface area contributed by atoms with E-state index in [4.69, 9.17) is 18.9 Å². The SMILES string of the molecule is COC1=C[C@@H]2[C@@H]3[C@H](OC(C)=O)c4ccc(OC(C)=O)c(OC(C)=O)c4[C@]2(CCN3C)CC1=O. The minimum Gasteiger partial charge on any atom is -0.493 e. The molecule has 0 amide bonds. The second kappa shape index (κ2) is 8.30. The number of hydrogen-bond acceptors (Lipinski definition) is 9. The zero-order valence-electron chi connectivity index (χ0n) is 19.3. The molecule has 0 N–H and O–H groups in total. The topological polar surface area (TPSA) is 108 Å². The van der Waals surface area contributed by atoms with Crippen molar-refractivity contribution in [3.63, 3.8) is 0 Å². The molecule has 0 aromatic heterocycles. The number of likely N-dealkylation sites (N-methyl/N-ethyl adjacent to an activating group) is 1. The third-order valence-corrected chi connectivity index (χ3v) is 6.79. The molecule has 1 heterocycles. The largest absolute Gasteiger partial charge is 0.493 e. The van der Waals surface area contributed by atoms with Gasteiger partial charge < -0.3 is 18.9 Å². The van der Waals surface area contributed by atoms with Crippen LogP contribution in [-0.4, -0.2) is 55.3 Å². The number of likely N-dealkylation sites (tertiary alicyclic amines) is 1. The van der Waals surface area contributed by atoms with Crippen molar-refractivity contribution in [2.45, 2.75) is 51.2 Å². The molecule has 2 bridgehead atoms. The molecule has 0 radical (unpaired) electrons. The highest BCUT2D eigenvalue weighted by atomic mass is 16.6. The molecule has 3 aliphatic rings. The first-order valence-electron chi connectivity index (χ1n) is 10.8. The standard InChI is InChI=1S/C24H27NO8/c1-12(26)31-18-7-6-15-20(23(18)33-14(3)28)24-8-9-25(4)21(22(15)32-13(2)27)16(24)10-19(30-5)17(29)11-24/h6-7,10,16,21-22H,8-9,11H2,1-5H3/t16-,21-,22-,24-/m1/s1. The Bertz CT molecular complexity index is 1080. The van der Waals surface area contributed by atoms with Gasteiger partial charge in [-0.05, 0) is 32.2 Å². The fourth-order valence-electron chi connectivity index (χ4n) is 5.67. The maximum Gasteiger partial charge on any atom is 0.308 e. The second-order valence-corrected chi connectivity index (χ2v) is 8.81. The van der Waals surface area contributed by atoms with Gasteiger partial charge in [-0.1, -0.05) is 6.07 Å². The van der Waals surface area contributed by atoms with Gasteiger partial charge in [0.2, 0.25) is 0 Å². The number of piperidine rings is 1. The van der Waals surface area contributed by atoms with E-state index in [0.29, 0.717) is 24.1 Å². The molecular weight excluding hydrogens is 430 g/mol. The molecule has 9 heteroatoms. The van der Waals surface area contributed by atoms with Gasteiger partial charge >= 0.3 is 17.9 Å². The minimum atomic E-state index is -0.747. The average Bonchev–Trinajstić information content (AvgIpc) is 2.72. The lowest BCUT2D eigenvalue weighted by atomic mass is 9.52. The van der Waals surface area contributed by atoms with Crippen molar-refractivity contribution in [3.8, 4) is 11.5 Å². The number of nitrogens with zero attached hydrogens (tertiary/aromatic N) is 1. The van der Waals surface area contributed by atoms with Crippen molar-refractivity contribution in [1.82, 2.24) is 4.90 Å². The number of carbonyl (C=O) groups excluding carboxylic acids is 4. The van der Waals surface area contributed by atoms with E-state index >= 15 is 0 Å². The first-order valence-corrected chi connectivity index (χ1v) is 10.8. The van der Waals surface area contributed by atoms with Crippen LogP contribution in [0.3, 0.4) is 0 Å². The van der Waals surface area contributed by atoms with Gasteiger partial charge in [-0.2, -0.15) is 0 Å². The number of ketones is 1. The highest BCUT2D eigenvalue weighted by Crippen LogP contribution is 2.61. The molecular formula is C24H27NO8. The number of Topliss-reactive ketones (excluding diaryl/α,β-unsaturated/α-hetero) is 1. The van der Waals surface area contributed by atoms with E-state index in [2.05, 4.69) is 4.90 Å². The highest BCUT2D eigenvalue weighted by Gasteiger charge is 2.60. The van der Waals surface area contributed by atoms with Crippen LogP contribution < -0.4 is 9.47 Å². The summed E-state index contributed by atoms with van der Waals surface area (Å²) in [5, 5.41) is 0. The first kappa shape index (κ1) is 23.0. The molecule has 0 spiro atoms. The van der Waals surface area contributed by atoms with Crippen molar-refractivity contribution in [3.05, 3.63) is 35.1 Å². The summed E-state index contributed by atoms with van der Waals surface area (Å²) in [5.74, 6) is -1.65. The van der Waals surface area contributed by atoms with Crippen molar-refractivity contribution < 1.29 is 38.1 Å². The van der Waals surface area contributed by atoms with Gasteiger partial charge in [0.25, 0.3) is 0 Å². The fourth-order valence-corrected chi connectivity index (χ4v) is 5.67. The lowest BCUT2D eigenvalue weighted by molar-refractivity contribution is -0.157. The Labute approximate surface area is 191 Å². The van der Waals surface area contributed by atoms with Crippen LogP contribution in [-0.2, 0) is 34.1 Å². The van der Waals surface area contributed by atoms with E-state index < -0.39 is 29.4 Å². The van der Waals surface area contributed by atoms with Gasteiger partial charge in [0, 0.05) is 49.7 Å². The van der Waals surface area contributed by atoms with Crippen molar-refractivity contribution in [2.75, 3.05) is 20.7 Å². The van der Waals surface area contributed by atoms with E-state index in [1.807, 2.05) is 7.05 Å². The Balaban J connectivity index is 2.06. The molecule has 2 aliphatic carbocycles. The van der Waals surface area contributed by atoms with E-state index in [1.165, 1.54) is 33.9 Å². The van der Waals surface area contributed by atoms with Gasteiger partial charge in [0.05, 0.1) is 13.2 Å². The molecule has 1 fully saturated rings. The quantitative estimate of drug-likeness (QED) is 0.497. The molecule has 1 aromatic carbocycles. The number of hydrogen-bond donors (Lipinski definition) is 0. The molecule has 0 saturated carbocycles. The molecule has 0 unspecified atom stereocenters. The molecule has 9 nitrogen and oxygen atoms in total. The zero-order valence-corrected chi connectivity index (χ0v) is 19.3. The lowest BCUT2D eigenvalue weighted by Gasteiger charge is -2.58. The van der Waals surface area contributed by atoms with Crippen LogP contribution in [0.4, 0.5) is 0 Å². The number of fused-ring (bicyclic) bond motifs is 1. The Morgan fingerprint density at radius 2 is 1.76 bits per heavy atom. The summed E-state index contributed by atoms with van der Waals surface area (Å²) in [6.45, 7) is 4.47. The number of esters is 3. The molecule has 1 saturated heterocycles. The predicted octanol–water partition coefficient (Wildman–Crippen LogP) is 2.22. The summed E-state index contributed by atoms with van der Waals surface area (Å²) in [5.41, 5.74) is 0.451. The van der Waals surface area contributed by atoms with Crippen LogP contribution in [0.2, 0.25) is 0 Å². The summed E-state index contributed by atoms with van der Waals surface area (Å²) in [7, 11) is 3.40. The van der Waals surface area contributed by atoms with Crippen LogP contribution >= 0.6 is 0 Å². The summed E-state index contributed by atoms with van der Waals surface area (Å²) in [6.07, 6.45) is 1.81. The van der Waals surface area contributed by atoms with Gasteiger partial charge in [0.1, 0.15) is 6.10 Å². The van der Waals surface area contributed by atoms with E-state index in [-0.39, 0.29) is 41.4 Å². The maximum absolute atomic E-state index is 13.0. The smallest absolute Gasteiger partial charge is 0.308 e. The van der Waals surface area contributed by atoms with E-state index in [0.717, 1.165) is 0 Å². The monoisotopic (exact) mass is 457 g/mol. The third kappa shape index (κ3) is 3.70. The second-order valence-electron chi connectivity index (χ2n) is 8.81. The number of benzene rings is 1. The van der Waals surface area contributed by atoms with Crippen LogP contribution in [0.25, 0.3) is 0 Å². The summed E-state index contributed by atoms with van der Waals surface area (Å²) < 4.78 is 22.2. The first-order chi connectivity index (χ1) is 15.6. The van der Waals surface area contributed by atoms with Crippen molar-refractivity contribution in [1.29, 1.82) is 0 Å². The number of rotatable bonds is 4. The average molecular weight is 457 g/mol. The predicted molar refractivity (Wildman–Crippen MR) is 114 cm³/mol. The Morgan fingerprint density at radius 1 is 1.06 bits per heavy atom. The van der Waals surface area contributed by atoms with Crippen LogP contribution in [0.1, 0.15) is 50.8 Å². The van der Waals surface area contributed by atoms with Crippen LogP contribution in [0.15, 0.2) is 24.0 Å². The number of allylic oxidation sites excluding steroid dienone is 1. The molecule has 33 heavy (non-hydrogen) atoms. The molecule has 1 aromatic rings. The Hall–Kier alpha value is -3.20. The molecule has 4 atom stereocenters. The Kier molecular flexibility index (Phi) is 5.78. The van der Waals surface area contributed by atoms with Gasteiger partial charge in [-0.25, -0.2) is 0 Å². The maximum atomic E-state index is 13.0. The number of carbonyl (C=O) groups is 4. The number of ether oxygens (including phenoxy) is 4. The fraction of sp³-hybridized carbons (Fsp3) is 0.500. The normalized spacial score (nSPS) is 28.1. The van der Waals surface area contributed by atoms with Crippen LogP contribution in [0, 0.1) is 5.92 Å². The lowest BCUT2D eigenvalue weighted by Crippen LogP contribution is -2.62. The van der Waals surface area contributed by atoms with E-state index in [1.54, 1.807) is 12.1 Å². The van der Waals surface area contributed by atoms with Crippen molar-refractivity contribution >= 4 is 23.7 Å².